The molecule has 0 saturated carbocycles. The Kier molecular flexibility index (Phi) is 5.52. The Morgan fingerprint density at radius 1 is 1.14 bits per heavy atom. The highest BCUT2D eigenvalue weighted by Crippen LogP contribution is 2.39. The first-order valence-electron chi connectivity index (χ1n) is 10.5. The molecule has 6 heteroatoms. The summed E-state index contributed by atoms with van der Waals surface area (Å²) in [6.45, 7) is 11.5. The average Bonchev–Trinajstić information content (AvgIpc) is 3.03. The van der Waals surface area contributed by atoms with Gasteiger partial charge in [0.2, 0.25) is 0 Å². The van der Waals surface area contributed by atoms with Crippen LogP contribution in [0.5, 0.6) is 0 Å². The summed E-state index contributed by atoms with van der Waals surface area (Å²) >= 11 is 1.74. The van der Waals surface area contributed by atoms with Crippen LogP contribution in [-0.2, 0) is 17.8 Å². The number of aromatic nitrogens is 3. The number of unbranched alkanes of at least 4 members (excludes halogenated alkanes) is 2. The van der Waals surface area contributed by atoms with E-state index in [0.717, 1.165) is 41.1 Å². The van der Waals surface area contributed by atoms with E-state index in [1.54, 1.807) is 17.7 Å². The van der Waals surface area contributed by atoms with Crippen molar-refractivity contribution in [3.63, 3.8) is 0 Å². The quantitative estimate of drug-likeness (QED) is 0.526. The molecule has 3 aromatic rings. The maximum absolute atomic E-state index is 6.00. The molecular formula is C22H30N4OS. The number of ether oxygens (including phenoxy) is 1. The summed E-state index contributed by atoms with van der Waals surface area (Å²) in [6.07, 6.45) is 7.30. The first-order valence-corrected chi connectivity index (χ1v) is 11.3. The van der Waals surface area contributed by atoms with Crippen molar-refractivity contribution in [2.45, 2.75) is 72.0 Å². The number of pyridine rings is 1. The van der Waals surface area contributed by atoms with Crippen molar-refractivity contribution < 1.29 is 4.74 Å². The van der Waals surface area contributed by atoms with E-state index in [1.807, 2.05) is 0 Å². The van der Waals surface area contributed by atoms with Crippen LogP contribution in [0.3, 0.4) is 0 Å². The highest BCUT2D eigenvalue weighted by molar-refractivity contribution is 7.25. The largest absolute Gasteiger partial charge is 0.370 e. The summed E-state index contributed by atoms with van der Waals surface area (Å²) in [4.78, 5) is 17.9. The first kappa shape index (κ1) is 19.5. The summed E-state index contributed by atoms with van der Waals surface area (Å²) < 4.78 is 7.17. The highest BCUT2D eigenvalue weighted by Gasteiger charge is 2.28. The topological polar surface area (TPSA) is 51.1 Å². The maximum Gasteiger partial charge on any atom is 0.150 e. The van der Waals surface area contributed by atoms with Gasteiger partial charge in [0.15, 0.2) is 0 Å². The molecule has 0 amide bonds. The molecule has 0 fully saturated rings. The Balaban J connectivity index is 1.81. The van der Waals surface area contributed by atoms with Crippen LogP contribution in [0.4, 0.5) is 5.82 Å². The Labute approximate surface area is 171 Å². The molecule has 0 unspecified atom stereocenters. The number of hydrogen-bond donors (Lipinski definition) is 0. The summed E-state index contributed by atoms with van der Waals surface area (Å²) in [5.74, 6) is 1.07. The Morgan fingerprint density at radius 2 is 1.89 bits per heavy atom. The SMILES string of the molecule is CCCCN(CCCC)c1ncnc2c1sc1nc3c(cc12)COC(C)(C)C3. The van der Waals surface area contributed by atoms with Crippen molar-refractivity contribution in [1.82, 2.24) is 15.0 Å². The number of fused-ring (bicyclic) bond motifs is 4. The van der Waals surface area contributed by atoms with Gasteiger partial charge in [0.1, 0.15) is 17.0 Å². The second-order valence-electron chi connectivity index (χ2n) is 8.34. The van der Waals surface area contributed by atoms with Crippen LogP contribution in [0.15, 0.2) is 12.4 Å². The number of thiophene rings is 1. The zero-order valence-corrected chi connectivity index (χ0v) is 18.2. The number of rotatable bonds is 7. The fourth-order valence-corrected chi connectivity index (χ4v) is 4.97. The molecule has 5 nitrogen and oxygen atoms in total. The summed E-state index contributed by atoms with van der Waals surface area (Å²) in [6, 6.07) is 2.24. The van der Waals surface area contributed by atoms with Gasteiger partial charge in [-0.15, -0.1) is 11.3 Å². The van der Waals surface area contributed by atoms with Crippen LogP contribution < -0.4 is 4.90 Å². The Hall–Kier alpha value is -1.79. The number of anilines is 1. The van der Waals surface area contributed by atoms with Crippen molar-refractivity contribution in [3.05, 3.63) is 23.7 Å². The molecule has 150 valence electrons. The van der Waals surface area contributed by atoms with Crippen LogP contribution >= 0.6 is 11.3 Å². The van der Waals surface area contributed by atoms with Crippen molar-refractivity contribution in [2.75, 3.05) is 18.0 Å². The smallest absolute Gasteiger partial charge is 0.150 e. The molecule has 0 N–H and O–H groups in total. The predicted molar refractivity (Wildman–Crippen MR) is 117 cm³/mol. The van der Waals surface area contributed by atoms with Crippen LogP contribution in [0, 0.1) is 0 Å². The molecule has 0 atom stereocenters. The summed E-state index contributed by atoms with van der Waals surface area (Å²) in [7, 11) is 0. The molecule has 1 aliphatic rings. The van der Waals surface area contributed by atoms with Gasteiger partial charge in [-0.1, -0.05) is 26.7 Å². The summed E-state index contributed by atoms with van der Waals surface area (Å²) in [5, 5.41) is 1.14. The van der Waals surface area contributed by atoms with E-state index in [9.17, 15) is 0 Å². The Bertz CT molecular complexity index is 973. The number of hydrogen-bond acceptors (Lipinski definition) is 6. The van der Waals surface area contributed by atoms with Crippen LogP contribution in [-0.4, -0.2) is 33.6 Å². The lowest BCUT2D eigenvalue weighted by molar-refractivity contribution is -0.0411. The first-order chi connectivity index (χ1) is 13.5. The van der Waals surface area contributed by atoms with Gasteiger partial charge < -0.3 is 9.64 Å². The average molecular weight is 399 g/mol. The molecule has 0 radical (unpaired) electrons. The molecule has 4 heterocycles. The van der Waals surface area contributed by atoms with Gasteiger partial charge in [-0.25, -0.2) is 15.0 Å². The van der Waals surface area contributed by atoms with E-state index in [1.165, 1.54) is 41.6 Å². The van der Waals surface area contributed by atoms with E-state index in [4.69, 9.17) is 14.7 Å². The molecule has 1 aliphatic heterocycles. The number of nitrogens with zero attached hydrogens (tertiary/aromatic N) is 4. The molecule has 0 aliphatic carbocycles. The maximum atomic E-state index is 6.00. The van der Waals surface area contributed by atoms with Crippen molar-refractivity contribution in [2.24, 2.45) is 0 Å². The molecule has 0 saturated heterocycles. The van der Waals surface area contributed by atoms with E-state index in [-0.39, 0.29) is 5.60 Å². The van der Waals surface area contributed by atoms with Gasteiger partial charge in [-0.3, -0.25) is 0 Å². The third kappa shape index (κ3) is 3.72. The van der Waals surface area contributed by atoms with Crippen LogP contribution in [0.25, 0.3) is 20.4 Å². The van der Waals surface area contributed by atoms with E-state index < -0.39 is 0 Å². The lowest BCUT2D eigenvalue weighted by Crippen LogP contribution is -2.32. The molecule has 0 aromatic carbocycles. The second kappa shape index (κ2) is 7.91. The molecule has 3 aromatic heterocycles. The van der Waals surface area contributed by atoms with Gasteiger partial charge in [0, 0.05) is 30.5 Å². The molecule has 4 rings (SSSR count). The van der Waals surface area contributed by atoms with Crippen LogP contribution in [0.2, 0.25) is 0 Å². The zero-order valence-electron chi connectivity index (χ0n) is 17.4. The second-order valence-corrected chi connectivity index (χ2v) is 9.34. The molecule has 28 heavy (non-hydrogen) atoms. The normalized spacial score (nSPS) is 15.9. The minimum absolute atomic E-state index is 0.146. The molecular weight excluding hydrogens is 368 g/mol. The standard InChI is InChI=1S/C22H30N4OS/c1-5-7-9-26(10-8-6-2)20-19-18(23-14-24-20)16-11-15-13-27-22(3,4)12-17(15)25-21(16)28-19/h11,14H,5-10,12-13H2,1-4H3. The molecule has 0 spiro atoms. The highest BCUT2D eigenvalue weighted by atomic mass is 32.1. The van der Waals surface area contributed by atoms with Crippen molar-refractivity contribution >= 4 is 37.6 Å². The summed E-state index contributed by atoms with van der Waals surface area (Å²) in [5.41, 5.74) is 3.24. The van der Waals surface area contributed by atoms with Gasteiger partial charge in [0.25, 0.3) is 0 Å². The lowest BCUT2D eigenvalue weighted by Gasteiger charge is -2.30. The van der Waals surface area contributed by atoms with Gasteiger partial charge in [-0.05, 0) is 32.8 Å². The van der Waals surface area contributed by atoms with Gasteiger partial charge in [-0.2, -0.15) is 0 Å². The van der Waals surface area contributed by atoms with Crippen molar-refractivity contribution in [3.8, 4) is 0 Å². The Morgan fingerprint density at radius 3 is 2.61 bits per heavy atom. The van der Waals surface area contributed by atoms with E-state index >= 15 is 0 Å². The van der Waals surface area contributed by atoms with E-state index in [2.05, 4.69) is 43.6 Å². The fraction of sp³-hybridized carbons (Fsp3) is 0.591. The van der Waals surface area contributed by atoms with Gasteiger partial charge in [0.05, 0.1) is 28.1 Å². The minimum Gasteiger partial charge on any atom is -0.370 e. The third-order valence-corrected chi connectivity index (χ3v) is 6.55. The zero-order chi connectivity index (χ0) is 19.7. The van der Waals surface area contributed by atoms with Crippen LogP contribution in [0.1, 0.15) is 64.6 Å². The monoisotopic (exact) mass is 398 g/mol. The third-order valence-electron chi connectivity index (χ3n) is 5.47. The molecule has 0 bridgehead atoms. The lowest BCUT2D eigenvalue weighted by atomic mass is 9.95. The predicted octanol–water partition coefficient (Wildman–Crippen LogP) is 5.50. The van der Waals surface area contributed by atoms with Crippen molar-refractivity contribution in [1.29, 1.82) is 0 Å². The van der Waals surface area contributed by atoms with E-state index in [0.29, 0.717) is 6.61 Å². The van der Waals surface area contributed by atoms with Gasteiger partial charge >= 0.3 is 0 Å². The minimum atomic E-state index is -0.146. The fourth-order valence-electron chi connectivity index (χ4n) is 3.82.